The van der Waals surface area contributed by atoms with Crippen molar-refractivity contribution in [2.45, 2.75) is 6.92 Å². The van der Waals surface area contributed by atoms with Crippen LogP contribution in [0.2, 0.25) is 0 Å². The van der Waals surface area contributed by atoms with Gasteiger partial charge in [0.05, 0.1) is 18.5 Å². The molecule has 0 aliphatic carbocycles. The van der Waals surface area contributed by atoms with Crippen LogP contribution in [0.5, 0.6) is 5.75 Å². The summed E-state index contributed by atoms with van der Waals surface area (Å²) in [5, 5.41) is 0. The van der Waals surface area contributed by atoms with Crippen molar-refractivity contribution in [1.82, 2.24) is 9.36 Å². The Morgan fingerprint density at radius 2 is 1.71 bits per heavy atom. The lowest BCUT2D eigenvalue weighted by atomic mass is 10.2. The number of methoxy groups -OCH3 is 1. The minimum absolute atomic E-state index is 0.146. The van der Waals surface area contributed by atoms with Gasteiger partial charge in [0.25, 0.3) is 5.56 Å². The van der Waals surface area contributed by atoms with Crippen LogP contribution in [0.4, 0.5) is 5.69 Å². The summed E-state index contributed by atoms with van der Waals surface area (Å²) in [6.45, 7) is 1.89. The maximum Gasteiger partial charge on any atom is 0.297 e. The fourth-order valence-electron chi connectivity index (χ4n) is 2.54. The van der Waals surface area contributed by atoms with Crippen LogP contribution in [0.3, 0.4) is 0 Å². The zero-order chi connectivity index (χ0) is 17.1. The van der Waals surface area contributed by atoms with Crippen molar-refractivity contribution in [3.05, 3.63) is 76.2 Å². The van der Waals surface area contributed by atoms with E-state index in [0.29, 0.717) is 5.69 Å². The van der Waals surface area contributed by atoms with Crippen LogP contribution >= 0.6 is 0 Å². The monoisotopic (exact) mass is 321 g/mol. The van der Waals surface area contributed by atoms with E-state index in [-0.39, 0.29) is 5.56 Å². The van der Waals surface area contributed by atoms with Gasteiger partial charge >= 0.3 is 0 Å². The SMILES string of the molecule is COc1ccc(-n2c(=O)c(N=Cc3ccccc3)c(C)n2C)cc1. The molecule has 0 amide bonds. The first-order chi connectivity index (χ1) is 11.6. The van der Waals surface area contributed by atoms with Crippen LogP contribution in [0.1, 0.15) is 11.3 Å². The minimum atomic E-state index is -0.146. The van der Waals surface area contributed by atoms with E-state index >= 15 is 0 Å². The molecular formula is C19H19N3O2. The Bertz CT molecular complexity index is 920. The van der Waals surface area contributed by atoms with E-state index in [2.05, 4.69) is 4.99 Å². The van der Waals surface area contributed by atoms with Crippen molar-refractivity contribution >= 4 is 11.9 Å². The third-order valence-corrected chi connectivity index (χ3v) is 3.98. The number of aliphatic imine (C=N–C) groups is 1. The van der Waals surface area contributed by atoms with E-state index in [1.54, 1.807) is 18.0 Å². The third-order valence-electron chi connectivity index (χ3n) is 3.98. The van der Waals surface area contributed by atoms with E-state index in [1.807, 2.05) is 73.3 Å². The Hall–Kier alpha value is -3.08. The Labute approximate surface area is 140 Å². The number of aromatic nitrogens is 2. The number of hydrogen-bond acceptors (Lipinski definition) is 3. The summed E-state index contributed by atoms with van der Waals surface area (Å²) in [6.07, 6.45) is 1.71. The molecule has 0 saturated carbocycles. The Kier molecular flexibility index (Phi) is 4.33. The van der Waals surface area contributed by atoms with Gasteiger partial charge in [0.2, 0.25) is 0 Å². The minimum Gasteiger partial charge on any atom is -0.497 e. The van der Waals surface area contributed by atoms with Gasteiger partial charge in [-0.1, -0.05) is 30.3 Å². The van der Waals surface area contributed by atoms with Gasteiger partial charge in [0.15, 0.2) is 5.69 Å². The second-order valence-electron chi connectivity index (χ2n) is 5.44. The van der Waals surface area contributed by atoms with E-state index < -0.39 is 0 Å². The van der Waals surface area contributed by atoms with Crippen LogP contribution in [-0.2, 0) is 7.05 Å². The summed E-state index contributed by atoms with van der Waals surface area (Å²) in [4.78, 5) is 17.2. The molecule has 0 radical (unpaired) electrons. The smallest absolute Gasteiger partial charge is 0.297 e. The lowest BCUT2D eigenvalue weighted by Gasteiger charge is -2.08. The lowest BCUT2D eigenvalue weighted by molar-refractivity contribution is 0.414. The zero-order valence-electron chi connectivity index (χ0n) is 13.9. The molecule has 0 aliphatic heterocycles. The first-order valence-electron chi connectivity index (χ1n) is 7.64. The lowest BCUT2D eigenvalue weighted by Crippen LogP contribution is -2.19. The fourth-order valence-corrected chi connectivity index (χ4v) is 2.54. The van der Waals surface area contributed by atoms with Crippen molar-refractivity contribution in [1.29, 1.82) is 0 Å². The molecule has 5 nitrogen and oxygen atoms in total. The number of ether oxygens (including phenoxy) is 1. The molecule has 0 spiro atoms. The molecule has 3 rings (SSSR count). The molecule has 0 saturated heterocycles. The van der Waals surface area contributed by atoms with Gasteiger partial charge in [-0.2, -0.15) is 0 Å². The van der Waals surface area contributed by atoms with Crippen LogP contribution in [0, 0.1) is 6.92 Å². The summed E-state index contributed by atoms with van der Waals surface area (Å²) >= 11 is 0. The Morgan fingerprint density at radius 3 is 2.33 bits per heavy atom. The molecule has 1 heterocycles. The van der Waals surface area contributed by atoms with Gasteiger partial charge < -0.3 is 4.74 Å². The van der Waals surface area contributed by atoms with Crippen molar-refractivity contribution in [3.8, 4) is 11.4 Å². The maximum absolute atomic E-state index is 12.8. The summed E-state index contributed by atoms with van der Waals surface area (Å²) in [7, 11) is 3.47. The van der Waals surface area contributed by atoms with Crippen LogP contribution in [-0.4, -0.2) is 22.7 Å². The van der Waals surface area contributed by atoms with Crippen molar-refractivity contribution < 1.29 is 4.74 Å². The van der Waals surface area contributed by atoms with Crippen molar-refractivity contribution in [2.24, 2.45) is 12.0 Å². The molecular weight excluding hydrogens is 302 g/mol. The van der Waals surface area contributed by atoms with Gasteiger partial charge in [-0.25, -0.2) is 9.67 Å². The molecule has 0 unspecified atom stereocenters. The predicted molar refractivity (Wildman–Crippen MR) is 96.0 cm³/mol. The molecule has 3 aromatic rings. The van der Waals surface area contributed by atoms with E-state index in [4.69, 9.17) is 4.74 Å². The topological polar surface area (TPSA) is 48.5 Å². The van der Waals surface area contributed by atoms with Gasteiger partial charge in [-0.3, -0.25) is 9.48 Å². The summed E-state index contributed by atoms with van der Waals surface area (Å²) < 4.78 is 8.58. The molecule has 0 aliphatic rings. The molecule has 0 bridgehead atoms. The number of rotatable bonds is 4. The van der Waals surface area contributed by atoms with E-state index in [9.17, 15) is 4.79 Å². The first-order valence-corrected chi connectivity index (χ1v) is 7.64. The molecule has 0 N–H and O–H groups in total. The highest BCUT2D eigenvalue weighted by molar-refractivity contribution is 5.82. The third kappa shape index (κ3) is 2.88. The van der Waals surface area contributed by atoms with Crippen LogP contribution in [0.15, 0.2) is 64.4 Å². The average Bonchev–Trinajstić information content (AvgIpc) is 2.83. The van der Waals surface area contributed by atoms with Gasteiger partial charge in [0.1, 0.15) is 5.75 Å². The second-order valence-corrected chi connectivity index (χ2v) is 5.44. The molecule has 1 aromatic heterocycles. The Balaban J connectivity index is 2.04. The summed E-state index contributed by atoms with van der Waals surface area (Å²) in [6, 6.07) is 17.1. The fraction of sp³-hybridized carbons (Fsp3) is 0.158. The highest BCUT2D eigenvalue weighted by atomic mass is 16.5. The average molecular weight is 321 g/mol. The maximum atomic E-state index is 12.8. The molecule has 5 heteroatoms. The zero-order valence-corrected chi connectivity index (χ0v) is 13.9. The highest BCUT2D eigenvalue weighted by Crippen LogP contribution is 2.19. The van der Waals surface area contributed by atoms with E-state index in [0.717, 1.165) is 22.7 Å². The number of nitrogens with zero attached hydrogens (tertiary/aromatic N) is 3. The second kappa shape index (κ2) is 6.58. The number of hydrogen-bond donors (Lipinski definition) is 0. The largest absolute Gasteiger partial charge is 0.497 e. The molecule has 122 valence electrons. The van der Waals surface area contributed by atoms with Gasteiger partial charge in [0, 0.05) is 13.3 Å². The normalized spacial score (nSPS) is 11.1. The predicted octanol–water partition coefficient (Wildman–Crippen LogP) is 3.24. The Morgan fingerprint density at radius 1 is 1.04 bits per heavy atom. The van der Waals surface area contributed by atoms with Crippen molar-refractivity contribution in [3.63, 3.8) is 0 Å². The molecule has 0 fully saturated rings. The first kappa shape index (κ1) is 15.8. The quantitative estimate of drug-likeness (QED) is 0.693. The molecule has 2 aromatic carbocycles. The summed E-state index contributed by atoms with van der Waals surface area (Å²) in [5.41, 5.74) is 2.83. The molecule has 0 atom stereocenters. The van der Waals surface area contributed by atoms with Gasteiger partial charge in [-0.15, -0.1) is 0 Å². The number of benzene rings is 2. The summed E-state index contributed by atoms with van der Waals surface area (Å²) in [5.74, 6) is 0.750. The van der Waals surface area contributed by atoms with E-state index in [1.165, 1.54) is 0 Å². The highest BCUT2D eigenvalue weighted by Gasteiger charge is 2.15. The standard InChI is InChI=1S/C19H19N3O2/c1-14-18(20-13-15-7-5-4-6-8-15)19(23)22(21(14)2)16-9-11-17(24-3)12-10-16/h4-13H,1-3H3. The van der Waals surface area contributed by atoms with Gasteiger partial charge in [-0.05, 0) is 36.8 Å². The molecule has 24 heavy (non-hydrogen) atoms. The van der Waals surface area contributed by atoms with Crippen LogP contribution < -0.4 is 10.3 Å². The van der Waals surface area contributed by atoms with Crippen molar-refractivity contribution in [2.75, 3.05) is 7.11 Å². The van der Waals surface area contributed by atoms with Crippen LogP contribution in [0.25, 0.3) is 5.69 Å².